The molecule has 0 radical (unpaired) electrons. The average molecular weight is 315 g/mol. The number of nitrogens with zero attached hydrogens (tertiary/aromatic N) is 2. The van der Waals surface area contributed by atoms with Gasteiger partial charge in [-0.3, -0.25) is 14.5 Å². The van der Waals surface area contributed by atoms with Crippen molar-refractivity contribution in [3.8, 4) is 0 Å². The molecule has 1 atom stereocenters. The maximum Gasteiger partial charge on any atom is 0.282 e. The molecule has 120 valence electrons. The lowest BCUT2D eigenvalue weighted by Crippen LogP contribution is -2.52. The van der Waals surface area contributed by atoms with Crippen molar-refractivity contribution >= 4 is 22.9 Å². The Kier molecular flexibility index (Phi) is 6.32. The molecule has 2 aliphatic heterocycles. The van der Waals surface area contributed by atoms with Crippen molar-refractivity contribution in [2.24, 2.45) is 5.92 Å². The number of ether oxygens (including phenoxy) is 1. The highest BCUT2D eigenvalue weighted by molar-refractivity contribution is 8.13. The second kappa shape index (κ2) is 8.00. The van der Waals surface area contributed by atoms with E-state index in [4.69, 9.17) is 4.74 Å². The second-order valence-corrected chi connectivity index (χ2v) is 6.85. The minimum atomic E-state index is -0.0650. The molecule has 2 saturated heterocycles. The van der Waals surface area contributed by atoms with Crippen LogP contribution in [-0.4, -0.2) is 78.7 Å². The molecule has 0 aliphatic carbocycles. The first-order valence-electron chi connectivity index (χ1n) is 7.58. The lowest BCUT2D eigenvalue weighted by molar-refractivity contribution is -0.122. The summed E-state index contributed by atoms with van der Waals surface area (Å²) in [4.78, 5) is 27.5. The Morgan fingerprint density at radius 2 is 2.05 bits per heavy atom. The van der Waals surface area contributed by atoms with Crippen LogP contribution in [0.3, 0.4) is 0 Å². The molecule has 7 heteroatoms. The summed E-state index contributed by atoms with van der Waals surface area (Å²) in [7, 11) is 0. The van der Waals surface area contributed by atoms with E-state index in [1.807, 2.05) is 0 Å². The van der Waals surface area contributed by atoms with E-state index in [-0.39, 0.29) is 17.7 Å². The van der Waals surface area contributed by atoms with Crippen molar-refractivity contribution in [2.75, 3.05) is 51.7 Å². The van der Waals surface area contributed by atoms with Crippen LogP contribution in [0.5, 0.6) is 0 Å². The minimum absolute atomic E-state index is 0.0127. The maximum absolute atomic E-state index is 12.0. The molecule has 0 bridgehead atoms. The first-order chi connectivity index (χ1) is 10.1. The molecule has 2 aliphatic rings. The zero-order valence-electron chi connectivity index (χ0n) is 12.8. The molecule has 0 spiro atoms. The summed E-state index contributed by atoms with van der Waals surface area (Å²) in [6.07, 6.45) is 0. The molecule has 2 fully saturated rings. The van der Waals surface area contributed by atoms with Gasteiger partial charge in [-0.1, -0.05) is 25.6 Å². The van der Waals surface area contributed by atoms with E-state index in [1.165, 1.54) is 11.8 Å². The Morgan fingerprint density at radius 1 is 1.33 bits per heavy atom. The van der Waals surface area contributed by atoms with Gasteiger partial charge in [0.15, 0.2) is 0 Å². The SMILES string of the molecule is CC(C)C(CNC(=O)CN1CCSC1=O)N1CCOCC1. The lowest BCUT2D eigenvalue weighted by Gasteiger charge is -2.37. The van der Waals surface area contributed by atoms with E-state index in [2.05, 4.69) is 24.1 Å². The number of carbonyl (C=O) groups excluding carboxylic acids is 2. The number of amides is 2. The largest absolute Gasteiger partial charge is 0.379 e. The number of thioether (sulfide) groups is 1. The number of hydrogen-bond acceptors (Lipinski definition) is 5. The highest BCUT2D eigenvalue weighted by Gasteiger charge is 2.26. The number of carbonyl (C=O) groups is 2. The van der Waals surface area contributed by atoms with Crippen LogP contribution in [0, 0.1) is 5.92 Å². The summed E-state index contributed by atoms with van der Waals surface area (Å²) in [6, 6.07) is 0.321. The molecule has 2 heterocycles. The summed E-state index contributed by atoms with van der Waals surface area (Å²) in [5.74, 6) is 1.19. The summed E-state index contributed by atoms with van der Waals surface area (Å²) in [5.41, 5.74) is 0. The molecule has 2 rings (SSSR count). The van der Waals surface area contributed by atoms with Crippen LogP contribution in [0.2, 0.25) is 0 Å². The first kappa shape index (κ1) is 16.6. The molecule has 1 N–H and O–H groups in total. The molecular formula is C14H25N3O3S. The van der Waals surface area contributed by atoms with E-state index in [9.17, 15) is 9.59 Å². The van der Waals surface area contributed by atoms with Crippen LogP contribution >= 0.6 is 11.8 Å². The summed E-state index contributed by atoms with van der Waals surface area (Å²) >= 11 is 1.28. The van der Waals surface area contributed by atoms with Crippen LogP contribution in [0.15, 0.2) is 0 Å². The second-order valence-electron chi connectivity index (χ2n) is 5.80. The van der Waals surface area contributed by atoms with Crippen LogP contribution in [0.25, 0.3) is 0 Å². The van der Waals surface area contributed by atoms with Gasteiger partial charge >= 0.3 is 0 Å². The third-order valence-corrected chi connectivity index (χ3v) is 4.86. The summed E-state index contributed by atoms with van der Waals surface area (Å²) < 4.78 is 5.38. The molecule has 0 aromatic rings. The predicted octanol–water partition coefficient (Wildman–Crippen LogP) is 0.628. The fourth-order valence-electron chi connectivity index (χ4n) is 2.71. The normalized spacial score (nSPS) is 21.9. The van der Waals surface area contributed by atoms with Gasteiger partial charge < -0.3 is 15.0 Å². The number of morpholine rings is 1. The summed E-state index contributed by atoms with van der Waals surface area (Å²) in [5, 5.41) is 3.00. The smallest absolute Gasteiger partial charge is 0.282 e. The molecule has 21 heavy (non-hydrogen) atoms. The van der Waals surface area contributed by atoms with E-state index in [0.717, 1.165) is 32.1 Å². The van der Waals surface area contributed by atoms with Gasteiger partial charge in [0.1, 0.15) is 6.54 Å². The number of hydrogen-bond donors (Lipinski definition) is 1. The van der Waals surface area contributed by atoms with Crippen LogP contribution in [-0.2, 0) is 9.53 Å². The van der Waals surface area contributed by atoms with Crippen molar-refractivity contribution in [1.82, 2.24) is 15.1 Å². The maximum atomic E-state index is 12.0. The molecule has 6 nitrogen and oxygen atoms in total. The number of rotatable bonds is 6. The van der Waals surface area contributed by atoms with Crippen molar-refractivity contribution < 1.29 is 14.3 Å². The zero-order valence-corrected chi connectivity index (χ0v) is 13.7. The van der Waals surface area contributed by atoms with E-state index in [0.29, 0.717) is 25.0 Å². The van der Waals surface area contributed by atoms with Gasteiger partial charge in [0.05, 0.1) is 13.2 Å². The van der Waals surface area contributed by atoms with Crippen LogP contribution in [0.1, 0.15) is 13.8 Å². The standard InChI is InChI=1S/C14H25N3O3S/c1-11(2)12(16-3-6-20-7-4-16)9-15-13(18)10-17-5-8-21-14(17)19/h11-12H,3-10H2,1-2H3,(H,15,18). The van der Waals surface area contributed by atoms with Crippen LogP contribution < -0.4 is 5.32 Å². The topological polar surface area (TPSA) is 61.9 Å². The van der Waals surface area contributed by atoms with Crippen molar-refractivity contribution in [1.29, 1.82) is 0 Å². The van der Waals surface area contributed by atoms with Crippen molar-refractivity contribution in [3.05, 3.63) is 0 Å². The van der Waals surface area contributed by atoms with Gasteiger partial charge in [0.25, 0.3) is 5.24 Å². The minimum Gasteiger partial charge on any atom is -0.379 e. The molecule has 1 unspecified atom stereocenters. The molecule has 2 amide bonds. The lowest BCUT2D eigenvalue weighted by atomic mass is 10.0. The quantitative estimate of drug-likeness (QED) is 0.779. The van der Waals surface area contributed by atoms with Gasteiger partial charge in [-0.25, -0.2) is 0 Å². The third-order valence-electron chi connectivity index (χ3n) is 3.97. The van der Waals surface area contributed by atoms with Gasteiger partial charge in [0.2, 0.25) is 5.91 Å². The zero-order chi connectivity index (χ0) is 15.2. The van der Waals surface area contributed by atoms with E-state index >= 15 is 0 Å². The Hall–Kier alpha value is -0.790. The fraction of sp³-hybridized carbons (Fsp3) is 0.857. The van der Waals surface area contributed by atoms with Crippen LogP contribution in [0.4, 0.5) is 4.79 Å². The van der Waals surface area contributed by atoms with Crippen molar-refractivity contribution in [2.45, 2.75) is 19.9 Å². The molecule has 0 aromatic carbocycles. The Bertz CT molecular complexity index is 372. The van der Waals surface area contributed by atoms with Crippen molar-refractivity contribution in [3.63, 3.8) is 0 Å². The van der Waals surface area contributed by atoms with E-state index < -0.39 is 0 Å². The van der Waals surface area contributed by atoms with Gasteiger partial charge in [-0.05, 0) is 5.92 Å². The highest BCUT2D eigenvalue weighted by atomic mass is 32.2. The third kappa shape index (κ3) is 4.86. The van der Waals surface area contributed by atoms with E-state index in [1.54, 1.807) is 4.90 Å². The Balaban J connectivity index is 1.78. The van der Waals surface area contributed by atoms with Gasteiger partial charge in [0, 0.05) is 38.0 Å². The predicted molar refractivity (Wildman–Crippen MR) is 83.5 cm³/mol. The van der Waals surface area contributed by atoms with Gasteiger partial charge in [-0.15, -0.1) is 0 Å². The fourth-order valence-corrected chi connectivity index (χ4v) is 3.54. The average Bonchev–Trinajstić information content (AvgIpc) is 2.85. The molecule has 0 aromatic heterocycles. The first-order valence-corrected chi connectivity index (χ1v) is 8.56. The van der Waals surface area contributed by atoms with Gasteiger partial charge in [-0.2, -0.15) is 0 Å². The summed E-state index contributed by atoms with van der Waals surface area (Å²) in [6.45, 7) is 9.19. The Morgan fingerprint density at radius 3 is 2.62 bits per heavy atom. The number of nitrogens with one attached hydrogen (secondary N) is 1. The molecular weight excluding hydrogens is 290 g/mol. The monoisotopic (exact) mass is 315 g/mol. The highest BCUT2D eigenvalue weighted by Crippen LogP contribution is 2.16. The molecule has 0 saturated carbocycles. The Labute approximate surface area is 130 Å².